The van der Waals surface area contributed by atoms with Crippen LogP contribution in [0.4, 0.5) is 5.69 Å². The highest BCUT2D eigenvalue weighted by atomic mass is 16.3. The Bertz CT molecular complexity index is 354. The van der Waals surface area contributed by atoms with Crippen LogP contribution in [0.25, 0.3) is 0 Å². The maximum Gasteiger partial charge on any atom is 0.0471 e. The normalized spacial score (nSPS) is 23.5. The van der Waals surface area contributed by atoms with Crippen LogP contribution in [0.15, 0.2) is 24.3 Å². The molecule has 0 amide bonds. The van der Waals surface area contributed by atoms with Gasteiger partial charge in [0.25, 0.3) is 0 Å². The highest BCUT2D eigenvalue weighted by Crippen LogP contribution is 2.27. The van der Waals surface area contributed by atoms with Gasteiger partial charge in [-0.15, -0.1) is 0 Å². The van der Waals surface area contributed by atoms with Gasteiger partial charge in [-0.25, -0.2) is 0 Å². The van der Waals surface area contributed by atoms with E-state index in [9.17, 15) is 0 Å². The van der Waals surface area contributed by atoms with Gasteiger partial charge in [0.2, 0.25) is 0 Å². The first-order valence-electron chi connectivity index (χ1n) is 5.91. The molecule has 1 heterocycles. The van der Waals surface area contributed by atoms with E-state index in [-0.39, 0.29) is 0 Å². The number of benzene rings is 1. The summed E-state index contributed by atoms with van der Waals surface area (Å²) in [5, 5.41) is 9.13. The van der Waals surface area contributed by atoms with E-state index >= 15 is 0 Å². The summed E-state index contributed by atoms with van der Waals surface area (Å²) >= 11 is 0. The van der Waals surface area contributed by atoms with Gasteiger partial charge in [-0.3, -0.25) is 4.90 Å². The van der Waals surface area contributed by atoms with Crippen LogP contribution < -0.4 is 5.73 Å². The molecule has 0 aromatic heterocycles. The van der Waals surface area contributed by atoms with Gasteiger partial charge in [0, 0.05) is 24.9 Å². The first-order chi connectivity index (χ1) is 7.70. The molecule has 3 heteroatoms. The Morgan fingerprint density at radius 2 is 2.38 bits per heavy atom. The van der Waals surface area contributed by atoms with Crippen molar-refractivity contribution in [3.63, 3.8) is 0 Å². The van der Waals surface area contributed by atoms with E-state index in [2.05, 4.69) is 17.9 Å². The van der Waals surface area contributed by atoms with Gasteiger partial charge in [0.05, 0.1) is 0 Å². The van der Waals surface area contributed by atoms with E-state index in [0.717, 1.165) is 25.2 Å². The monoisotopic (exact) mass is 220 g/mol. The summed E-state index contributed by atoms with van der Waals surface area (Å²) in [6.45, 7) is 4.57. The number of hydrogen-bond donors (Lipinski definition) is 2. The summed E-state index contributed by atoms with van der Waals surface area (Å²) in [6.07, 6.45) is 1.10. The Kier molecular flexibility index (Phi) is 3.46. The van der Waals surface area contributed by atoms with Gasteiger partial charge < -0.3 is 10.8 Å². The fraction of sp³-hybridized carbons (Fsp3) is 0.538. The van der Waals surface area contributed by atoms with Gasteiger partial charge in [-0.1, -0.05) is 12.1 Å². The fourth-order valence-corrected chi connectivity index (χ4v) is 2.39. The highest BCUT2D eigenvalue weighted by Gasteiger charge is 2.26. The molecule has 2 atom stereocenters. The Morgan fingerprint density at radius 3 is 3.00 bits per heavy atom. The molecule has 3 nitrogen and oxygen atoms in total. The molecule has 0 saturated carbocycles. The maximum atomic E-state index is 9.13. The Labute approximate surface area is 96.9 Å². The minimum Gasteiger partial charge on any atom is -0.399 e. The first kappa shape index (κ1) is 11.4. The molecule has 1 aliphatic heterocycles. The van der Waals surface area contributed by atoms with Crippen molar-refractivity contribution >= 4 is 5.69 Å². The van der Waals surface area contributed by atoms with E-state index in [1.807, 2.05) is 18.2 Å². The highest BCUT2D eigenvalue weighted by molar-refractivity contribution is 5.41. The van der Waals surface area contributed by atoms with Crippen LogP contribution >= 0.6 is 0 Å². The molecular formula is C13H20N2O. The summed E-state index contributed by atoms with van der Waals surface area (Å²) in [5.74, 6) is 0.448. The molecule has 1 saturated heterocycles. The van der Waals surface area contributed by atoms with Gasteiger partial charge in [-0.05, 0) is 43.5 Å². The van der Waals surface area contributed by atoms with Crippen molar-refractivity contribution in [2.75, 3.05) is 25.4 Å². The van der Waals surface area contributed by atoms with E-state index in [4.69, 9.17) is 10.8 Å². The van der Waals surface area contributed by atoms with Gasteiger partial charge in [0.15, 0.2) is 0 Å². The second kappa shape index (κ2) is 4.85. The lowest BCUT2D eigenvalue weighted by Crippen LogP contribution is -2.25. The Morgan fingerprint density at radius 1 is 1.56 bits per heavy atom. The molecule has 0 spiro atoms. The van der Waals surface area contributed by atoms with Crippen LogP contribution in [0.3, 0.4) is 0 Å². The fourth-order valence-electron chi connectivity index (χ4n) is 2.39. The van der Waals surface area contributed by atoms with E-state index in [1.54, 1.807) is 0 Å². The number of nitrogen functional groups attached to an aromatic ring is 1. The summed E-state index contributed by atoms with van der Waals surface area (Å²) < 4.78 is 0. The zero-order valence-electron chi connectivity index (χ0n) is 9.76. The SMILES string of the molecule is CC(c1cccc(N)c1)N1CCC(CO)C1. The van der Waals surface area contributed by atoms with Crippen molar-refractivity contribution in [3.05, 3.63) is 29.8 Å². The van der Waals surface area contributed by atoms with Gasteiger partial charge in [-0.2, -0.15) is 0 Å². The van der Waals surface area contributed by atoms with E-state index in [1.165, 1.54) is 5.56 Å². The summed E-state index contributed by atoms with van der Waals surface area (Å²) in [7, 11) is 0. The third-order valence-electron chi connectivity index (χ3n) is 3.52. The first-order valence-corrected chi connectivity index (χ1v) is 5.91. The molecule has 1 fully saturated rings. The lowest BCUT2D eigenvalue weighted by molar-refractivity contribution is 0.205. The van der Waals surface area contributed by atoms with Crippen molar-refractivity contribution in [1.82, 2.24) is 4.90 Å². The molecule has 1 aliphatic rings. The predicted octanol–water partition coefficient (Wildman–Crippen LogP) is 1.64. The van der Waals surface area contributed by atoms with Crippen LogP contribution in [0.1, 0.15) is 24.9 Å². The predicted molar refractivity (Wildman–Crippen MR) is 66.0 cm³/mol. The minimum absolute atomic E-state index is 0.306. The smallest absolute Gasteiger partial charge is 0.0471 e. The Balaban J connectivity index is 2.05. The van der Waals surface area contributed by atoms with Crippen LogP contribution in [-0.4, -0.2) is 29.7 Å². The third-order valence-corrected chi connectivity index (χ3v) is 3.52. The number of aliphatic hydroxyl groups is 1. The molecule has 1 aromatic rings. The van der Waals surface area contributed by atoms with Crippen molar-refractivity contribution < 1.29 is 5.11 Å². The van der Waals surface area contributed by atoms with Crippen LogP contribution in [0.2, 0.25) is 0 Å². The van der Waals surface area contributed by atoms with Crippen LogP contribution in [-0.2, 0) is 0 Å². The molecule has 16 heavy (non-hydrogen) atoms. The molecular weight excluding hydrogens is 200 g/mol. The van der Waals surface area contributed by atoms with Crippen LogP contribution in [0.5, 0.6) is 0 Å². The molecule has 2 rings (SSSR count). The second-order valence-corrected chi connectivity index (χ2v) is 4.68. The molecule has 0 radical (unpaired) electrons. The minimum atomic E-state index is 0.306. The summed E-state index contributed by atoms with van der Waals surface area (Å²) in [5.41, 5.74) is 7.87. The van der Waals surface area contributed by atoms with Crippen LogP contribution in [0, 0.1) is 5.92 Å². The molecule has 2 unspecified atom stereocenters. The molecule has 0 aliphatic carbocycles. The lowest BCUT2D eigenvalue weighted by Gasteiger charge is -2.24. The summed E-state index contributed by atoms with van der Waals surface area (Å²) in [6, 6.07) is 8.46. The topological polar surface area (TPSA) is 49.5 Å². The standard InChI is InChI=1S/C13H20N2O/c1-10(12-3-2-4-13(14)7-12)15-6-5-11(8-15)9-16/h2-4,7,10-11,16H,5-6,8-9,14H2,1H3. The number of nitrogens with zero attached hydrogens (tertiary/aromatic N) is 1. The number of likely N-dealkylation sites (tertiary alicyclic amines) is 1. The molecule has 1 aromatic carbocycles. The largest absolute Gasteiger partial charge is 0.399 e. The number of aliphatic hydroxyl groups excluding tert-OH is 1. The zero-order valence-corrected chi connectivity index (χ0v) is 9.76. The molecule has 0 bridgehead atoms. The maximum absolute atomic E-state index is 9.13. The number of nitrogens with two attached hydrogens (primary N) is 1. The number of anilines is 1. The second-order valence-electron chi connectivity index (χ2n) is 4.68. The van der Waals surface area contributed by atoms with E-state index < -0.39 is 0 Å². The van der Waals surface area contributed by atoms with Crippen molar-refractivity contribution in [2.45, 2.75) is 19.4 Å². The molecule has 3 N–H and O–H groups in total. The summed E-state index contributed by atoms with van der Waals surface area (Å²) in [4.78, 5) is 2.41. The lowest BCUT2D eigenvalue weighted by atomic mass is 10.1. The van der Waals surface area contributed by atoms with Gasteiger partial charge >= 0.3 is 0 Å². The molecule has 88 valence electrons. The zero-order chi connectivity index (χ0) is 11.5. The average Bonchev–Trinajstić information content (AvgIpc) is 2.76. The van der Waals surface area contributed by atoms with Crippen molar-refractivity contribution in [1.29, 1.82) is 0 Å². The van der Waals surface area contributed by atoms with Crippen molar-refractivity contribution in [3.8, 4) is 0 Å². The number of rotatable bonds is 3. The Hall–Kier alpha value is -1.06. The van der Waals surface area contributed by atoms with E-state index in [0.29, 0.717) is 18.6 Å². The average molecular weight is 220 g/mol. The number of hydrogen-bond acceptors (Lipinski definition) is 3. The van der Waals surface area contributed by atoms with Crippen molar-refractivity contribution in [2.24, 2.45) is 5.92 Å². The quantitative estimate of drug-likeness (QED) is 0.761. The third kappa shape index (κ3) is 2.36. The van der Waals surface area contributed by atoms with Gasteiger partial charge in [0.1, 0.15) is 0 Å².